The first-order chi connectivity index (χ1) is 18.5. The van der Waals surface area contributed by atoms with E-state index in [2.05, 4.69) is 15.0 Å². The quantitative estimate of drug-likeness (QED) is 0.288. The van der Waals surface area contributed by atoms with Crippen molar-refractivity contribution in [2.75, 3.05) is 46.1 Å². The molecule has 0 spiro atoms. The number of aromatic nitrogens is 3. The highest BCUT2D eigenvalue weighted by Gasteiger charge is 2.26. The lowest BCUT2D eigenvalue weighted by Crippen LogP contribution is -2.39. The summed E-state index contributed by atoms with van der Waals surface area (Å²) < 4.78 is 52.9. The maximum Gasteiger partial charge on any atom is 0.318 e. The molecule has 1 aliphatic rings. The third-order valence-corrected chi connectivity index (χ3v) is 6.93. The topological polar surface area (TPSA) is 78.8 Å². The summed E-state index contributed by atoms with van der Waals surface area (Å²) in [6.45, 7) is 3.21. The van der Waals surface area contributed by atoms with Gasteiger partial charge in [-0.25, -0.2) is 8.78 Å². The summed E-state index contributed by atoms with van der Waals surface area (Å²) in [6.07, 6.45) is 3.87. The Hall–Kier alpha value is -3.63. The van der Waals surface area contributed by atoms with Crippen LogP contribution in [-0.2, 0) is 15.9 Å². The second kappa shape index (κ2) is 11.0. The van der Waals surface area contributed by atoms with Gasteiger partial charge in [0.05, 0.1) is 18.6 Å². The van der Waals surface area contributed by atoms with Crippen molar-refractivity contribution in [3.8, 4) is 23.0 Å². The summed E-state index contributed by atoms with van der Waals surface area (Å²) in [5.41, 5.74) is 0.978. The number of hydrogen-bond acceptors (Lipinski definition) is 8. The lowest BCUT2D eigenvalue weighted by Gasteiger charge is -2.33. The number of anilines is 1. The Morgan fingerprint density at radius 1 is 1.11 bits per heavy atom. The number of aryl methyl sites for hydroxylation is 1. The van der Waals surface area contributed by atoms with E-state index >= 15 is 4.39 Å². The van der Waals surface area contributed by atoms with Gasteiger partial charge in [0.15, 0.2) is 12.6 Å². The molecule has 0 radical (unpaired) electrons. The molecule has 1 aliphatic heterocycles. The number of methoxy groups -OCH3 is 3. The van der Waals surface area contributed by atoms with Crippen LogP contribution in [0.25, 0.3) is 32.9 Å². The normalized spacial score (nSPS) is 15.8. The summed E-state index contributed by atoms with van der Waals surface area (Å²) in [5.74, 6) is -0.0311. The maximum atomic E-state index is 16.4. The molecule has 0 bridgehead atoms. The van der Waals surface area contributed by atoms with Crippen LogP contribution in [0.2, 0.25) is 0 Å². The van der Waals surface area contributed by atoms with Crippen LogP contribution in [0.5, 0.6) is 11.8 Å². The highest BCUT2D eigenvalue weighted by Crippen LogP contribution is 2.39. The summed E-state index contributed by atoms with van der Waals surface area (Å²) in [6, 6.07) is 6.54. The van der Waals surface area contributed by atoms with E-state index in [0.717, 1.165) is 19.4 Å². The summed E-state index contributed by atoms with van der Waals surface area (Å²) in [7, 11) is 4.64. The van der Waals surface area contributed by atoms with Gasteiger partial charge in [-0.05, 0) is 53.8 Å². The number of benzene rings is 2. The molecule has 10 heteroatoms. The van der Waals surface area contributed by atoms with Crippen LogP contribution < -0.4 is 14.4 Å². The minimum absolute atomic E-state index is 0.00644. The summed E-state index contributed by atoms with van der Waals surface area (Å²) in [4.78, 5) is 15.5. The average molecular weight is 525 g/mol. The highest BCUT2D eigenvalue weighted by atomic mass is 19.1. The number of piperidine rings is 1. The first-order valence-electron chi connectivity index (χ1n) is 12.5. The predicted molar refractivity (Wildman–Crippen MR) is 141 cm³/mol. The third kappa shape index (κ3) is 4.69. The molecular formula is C28H30F2N4O4. The molecule has 5 rings (SSSR count). The molecule has 0 N–H and O–H groups in total. The lowest BCUT2D eigenvalue weighted by atomic mass is 9.94. The molecule has 4 aromatic rings. The minimum Gasteiger partial charge on any atom is -0.468 e. The van der Waals surface area contributed by atoms with Crippen LogP contribution in [-0.4, -0.2) is 62.3 Å². The van der Waals surface area contributed by atoms with Gasteiger partial charge in [0, 0.05) is 39.1 Å². The molecule has 1 saturated heterocycles. The van der Waals surface area contributed by atoms with Crippen molar-refractivity contribution in [2.24, 2.45) is 0 Å². The fraction of sp³-hybridized carbons (Fsp3) is 0.393. The van der Waals surface area contributed by atoms with Crippen LogP contribution in [0, 0.1) is 11.6 Å². The summed E-state index contributed by atoms with van der Waals surface area (Å²) >= 11 is 0. The molecule has 2 aromatic carbocycles. The molecular weight excluding hydrogens is 494 g/mol. The number of hydrogen-bond donors (Lipinski definition) is 0. The number of halogens is 2. The number of nitrogens with zero attached hydrogens (tertiary/aromatic N) is 4. The zero-order valence-corrected chi connectivity index (χ0v) is 21.9. The van der Waals surface area contributed by atoms with Crippen molar-refractivity contribution in [3.63, 3.8) is 0 Å². The Morgan fingerprint density at radius 2 is 1.95 bits per heavy atom. The molecule has 200 valence electrons. The standard InChI is InChI=1S/C28H30F2N4O4/c1-5-19-22(29)9-8-16-11-18(38-15-35-2)12-20(23(16)19)25-24(30)26-21(13-31-25)27(33-28(32-26)37-4)34-10-6-7-17(14-34)36-3/h8-9,11-13,17H,5-7,10,14-15H2,1-4H3. The Balaban J connectivity index is 1.74. The van der Waals surface area contributed by atoms with Crippen LogP contribution in [0.1, 0.15) is 25.3 Å². The monoisotopic (exact) mass is 524 g/mol. The van der Waals surface area contributed by atoms with Gasteiger partial charge in [-0.3, -0.25) is 4.98 Å². The zero-order chi connectivity index (χ0) is 26.8. The van der Waals surface area contributed by atoms with Gasteiger partial charge in [-0.1, -0.05) is 13.0 Å². The first-order valence-corrected chi connectivity index (χ1v) is 12.5. The molecule has 2 aromatic heterocycles. The molecule has 38 heavy (non-hydrogen) atoms. The van der Waals surface area contributed by atoms with Crippen molar-refractivity contribution in [2.45, 2.75) is 32.3 Å². The third-order valence-electron chi connectivity index (χ3n) is 6.93. The van der Waals surface area contributed by atoms with E-state index in [1.165, 1.54) is 20.3 Å². The van der Waals surface area contributed by atoms with Crippen molar-refractivity contribution >= 4 is 27.5 Å². The zero-order valence-electron chi connectivity index (χ0n) is 21.9. The van der Waals surface area contributed by atoms with E-state index in [4.69, 9.17) is 18.9 Å². The Labute approximate surface area is 219 Å². The van der Waals surface area contributed by atoms with Crippen molar-refractivity contribution < 1.29 is 27.7 Å². The van der Waals surface area contributed by atoms with E-state index in [-0.39, 0.29) is 35.9 Å². The second-order valence-corrected chi connectivity index (χ2v) is 9.16. The van der Waals surface area contributed by atoms with Crippen LogP contribution in [0.3, 0.4) is 0 Å². The molecule has 1 unspecified atom stereocenters. The molecule has 0 saturated carbocycles. The Morgan fingerprint density at radius 3 is 2.68 bits per heavy atom. The summed E-state index contributed by atoms with van der Waals surface area (Å²) in [5, 5.41) is 1.73. The smallest absolute Gasteiger partial charge is 0.318 e. The van der Waals surface area contributed by atoms with E-state index in [9.17, 15) is 4.39 Å². The number of pyridine rings is 1. The number of ether oxygens (including phenoxy) is 4. The Bertz CT molecular complexity index is 1480. The lowest BCUT2D eigenvalue weighted by molar-refractivity contribution is 0.0512. The molecule has 1 fully saturated rings. The predicted octanol–water partition coefficient (Wildman–Crippen LogP) is 5.29. The van der Waals surface area contributed by atoms with E-state index in [0.29, 0.717) is 51.8 Å². The maximum absolute atomic E-state index is 16.4. The van der Waals surface area contributed by atoms with Crippen LogP contribution in [0.4, 0.5) is 14.6 Å². The van der Waals surface area contributed by atoms with Crippen molar-refractivity contribution in [3.05, 3.63) is 47.7 Å². The van der Waals surface area contributed by atoms with Crippen LogP contribution >= 0.6 is 0 Å². The van der Waals surface area contributed by atoms with Gasteiger partial charge in [-0.15, -0.1) is 0 Å². The van der Waals surface area contributed by atoms with Crippen LogP contribution in [0.15, 0.2) is 30.5 Å². The second-order valence-electron chi connectivity index (χ2n) is 9.16. The van der Waals surface area contributed by atoms with E-state index in [1.54, 1.807) is 31.5 Å². The largest absolute Gasteiger partial charge is 0.468 e. The SMILES string of the molecule is CCc1c(F)ccc2cc(OCOC)cc(-c3ncc4c(N5CCCC(OC)C5)nc(OC)nc4c3F)c12. The van der Waals surface area contributed by atoms with Gasteiger partial charge < -0.3 is 23.8 Å². The number of rotatable bonds is 8. The van der Waals surface area contributed by atoms with Gasteiger partial charge in [-0.2, -0.15) is 9.97 Å². The highest BCUT2D eigenvalue weighted by molar-refractivity contribution is 6.01. The average Bonchev–Trinajstić information content (AvgIpc) is 2.95. The molecule has 3 heterocycles. The Kier molecular flexibility index (Phi) is 7.53. The van der Waals surface area contributed by atoms with E-state index in [1.807, 2.05) is 11.8 Å². The van der Waals surface area contributed by atoms with Gasteiger partial charge in [0.2, 0.25) is 0 Å². The fourth-order valence-corrected chi connectivity index (χ4v) is 5.10. The van der Waals surface area contributed by atoms with Gasteiger partial charge in [0.25, 0.3) is 0 Å². The molecule has 0 amide bonds. The van der Waals surface area contributed by atoms with Gasteiger partial charge in [0.1, 0.15) is 28.6 Å². The minimum atomic E-state index is -0.652. The number of fused-ring (bicyclic) bond motifs is 2. The van der Waals surface area contributed by atoms with Crippen molar-refractivity contribution in [1.29, 1.82) is 0 Å². The molecule has 1 atom stereocenters. The van der Waals surface area contributed by atoms with E-state index < -0.39 is 5.82 Å². The fourth-order valence-electron chi connectivity index (χ4n) is 5.10. The van der Waals surface area contributed by atoms with Gasteiger partial charge >= 0.3 is 6.01 Å². The molecule has 0 aliphatic carbocycles. The molecule has 8 nitrogen and oxygen atoms in total. The van der Waals surface area contributed by atoms with Crippen molar-refractivity contribution in [1.82, 2.24) is 15.0 Å². The first kappa shape index (κ1) is 26.0.